The van der Waals surface area contributed by atoms with Gasteiger partial charge in [0.25, 0.3) is 0 Å². The predicted molar refractivity (Wildman–Crippen MR) is 121 cm³/mol. The van der Waals surface area contributed by atoms with Crippen LogP contribution in [0.15, 0.2) is 36.7 Å². The van der Waals surface area contributed by atoms with Crippen LogP contribution in [-0.4, -0.2) is 49.4 Å². The highest BCUT2D eigenvalue weighted by Crippen LogP contribution is 2.32. The second-order valence-corrected chi connectivity index (χ2v) is 9.66. The van der Waals surface area contributed by atoms with Crippen LogP contribution in [-0.2, 0) is 11.2 Å². The molecule has 0 spiro atoms. The zero-order chi connectivity index (χ0) is 19.6. The average Bonchev–Trinajstić information content (AvgIpc) is 3.18. The lowest BCUT2D eigenvalue weighted by atomic mass is 9.94. The first-order valence-corrected chi connectivity index (χ1v) is 11.5. The third kappa shape index (κ3) is 4.20. The van der Waals surface area contributed by atoms with E-state index in [2.05, 4.69) is 44.0 Å². The van der Waals surface area contributed by atoms with E-state index >= 15 is 0 Å². The summed E-state index contributed by atoms with van der Waals surface area (Å²) in [5, 5.41) is 1.14. The van der Waals surface area contributed by atoms with Crippen LogP contribution < -0.4 is 9.80 Å². The fourth-order valence-corrected chi connectivity index (χ4v) is 5.67. The monoisotopic (exact) mass is 428 g/mol. The van der Waals surface area contributed by atoms with E-state index in [1.54, 1.807) is 17.7 Å². The van der Waals surface area contributed by atoms with Gasteiger partial charge in [-0.15, -0.1) is 11.3 Å². The number of aromatic nitrogens is 2. The Bertz CT molecular complexity index is 988. The second kappa shape index (κ2) is 8.46. The van der Waals surface area contributed by atoms with Gasteiger partial charge in [0.15, 0.2) is 0 Å². The standard InChI is InChI=1S/C22H25ClN4OS/c23-21-6-4-18(29-21)12-16-2-1-7-27(14-16)22-19-5-3-17(13-20(19)24-15-25-22)26-8-10-28-11-9-26/h3-6,13,15-16H,1-2,7-12,14H2. The molecule has 4 heterocycles. The van der Waals surface area contributed by atoms with Crippen LogP contribution in [0.5, 0.6) is 0 Å². The van der Waals surface area contributed by atoms with Crippen LogP contribution in [0.1, 0.15) is 17.7 Å². The maximum absolute atomic E-state index is 6.12. The molecule has 2 fully saturated rings. The van der Waals surface area contributed by atoms with Gasteiger partial charge in [0, 0.05) is 42.1 Å². The molecule has 3 aromatic rings. The molecule has 2 saturated heterocycles. The van der Waals surface area contributed by atoms with Crippen LogP contribution in [0.25, 0.3) is 10.9 Å². The van der Waals surface area contributed by atoms with Crippen molar-refractivity contribution < 1.29 is 4.74 Å². The van der Waals surface area contributed by atoms with E-state index in [1.165, 1.54) is 23.4 Å². The quantitative estimate of drug-likeness (QED) is 0.605. The van der Waals surface area contributed by atoms with Gasteiger partial charge in [-0.05, 0) is 55.5 Å². The van der Waals surface area contributed by atoms with Crippen molar-refractivity contribution in [3.05, 3.63) is 45.9 Å². The lowest BCUT2D eigenvalue weighted by Gasteiger charge is -2.34. The second-order valence-electron chi connectivity index (χ2n) is 7.86. The molecular formula is C22H25ClN4OS. The Morgan fingerprint density at radius 1 is 1.07 bits per heavy atom. The van der Waals surface area contributed by atoms with Crippen molar-refractivity contribution in [3.63, 3.8) is 0 Å². The molecule has 152 valence electrons. The Balaban J connectivity index is 1.37. The average molecular weight is 429 g/mol. The minimum absolute atomic E-state index is 0.635. The third-order valence-corrected chi connectivity index (χ3v) is 7.17. The summed E-state index contributed by atoms with van der Waals surface area (Å²) in [7, 11) is 0. The maximum atomic E-state index is 6.12. The molecular weight excluding hydrogens is 404 g/mol. The zero-order valence-electron chi connectivity index (χ0n) is 16.4. The molecule has 1 unspecified atom stereocenters. The fraction of sp³-hybridized carbons (Fsp3) is 0.455. The Morgan fingerprint density at radius 3 is 2.79 bits per heavy atom. The number of rotatable bonds is 4. The van der Waals surface area contributed by atoms with Crippen LogP contribution >= 0.6 is 22.9 Å². The first-order chi connectivity index (χ1) is 14.3. The van der Waals surface area contributed by atoms with Gasteiger partial charge in [-0.25, -0.2) is 9.97 Å². The summed E-state index contributed by atoms with van der Waals surface area (Å²) in [5.41, 5.74) is 2.24. The van der Waals surface area contributed by atoms with Gasteiger partial charge in [0.2, 0.25) is 0 Å². The van der Waals surface area contributed by atoms with Crippen molar-refractivity contribution in [1.82, 2.24) is 9.97 Å². The van der Waals surface area contributed by atoms with E-state index in [9.17, 15) is 0 Å². The number of hydrogen-bond acceptors (Lipinski definition) is 6. The molecule has 0 aliphatic carbocycles. The summed E-state index contributed by atoms with van der Waals surface area (Å²) in [6, 6.07) is 10.8. The number of benzene rings is 1. The van der Waals surface area contributed by atoms with Crippen molar-refractivity contribution >= 4 is 45.3 Å². The molecule has 0 bridgehead atoms. The van der Waals surface area contributed by atoms with Crippen molar-refractivity contribution in [2.24, 2.45) is 5.92 Å². The first-order valence-electron chi connectivity index (χ1n) is 10.3. The number of nitrogens with zero attached hydrogens (tertiary/aromatic N) is 4. The van der Waals surface area contributed by atoms with Crippen molar-refractivity contribution in [1.29, 1.82) is 0 Å². The molecule has 29 heavy (non-hydrogen) atoms. The van der Waals surface area contributed by atoms with E-state index in [0.29, 0.717) is 5.92 Å². The number of piperidine rings is 1. The Kier molecular flexibility index (Phi) is 5.57. The number of ether oxygens (including phenoxy) is 1. The summed E-state index contributed by atoms with van der Waals surface area (Å²) in [4.78, 5) is 15.4. The minimum atomic E-state index is 0.635. The van der Waals surface area contributed by atoms with E-state index in [0.717, 1.165) is 66.9 Å². The summed E-state index contributed by atoms with van der Waals surface area (Å²) < 4.78 is 6.36. The highest BCUT2D eigenvalue weighted by Gasteiger charge is 2.23. The summed E-state index contributed by atoms with van der Waals surface area (Å²) in [5.74, 6) is 1.70. The van der Waals surface area contributed by atoms with Gasteiger partial charge < -0.3 is 14.5 Å². The summed E-state index contributed by atoms with van der Waals surface area (Å²) in [6.45, 7) is 5.54. The van der Waals surface area contributed by atoms with E-state index in [-0.39, 0.29) is 0 Å². The van der Waals surface area contributed by atoms with E-state index in [4.69, 9.17) is 16.3 Å². The highest BCUT2D eigenvalue weighted by atomic mass is 35.5. The fourth-order valence-electron chi connectivity index (χ4n) is 4.47. The molecule has 0 amide bonds. The molecule has 7 heteroatoms. The minimum Gasteiger partial charge on any atom is -0.378 e. The lowest BCUT2D eigenvalue weighted by molar-refractivity contribution is 0.122. The van der Waals surface area contributed by atoms with Crippen LogP contribution in [0.4, 0.5) is 11.5 Å². The van der Waals surface area contributed by atoms with E-state index < -0.39 is 0 Å². The molecule has 5 rings (SSSR count). The van der Waals surface area contributed by atoms with Crippen molar-refractivity contribution in [3.8, 4) is 0 Å². The molecule has 2 aromatic heterocycles. The Hall–Kier alpha value is -1.89. The van der Waals surface area contributed by atoms with Crippen LogP contribution in [0.3, 0.4) is 0 Å². The number of thiophene rings is 1. The van der Waals surface area contributed by atoms with E-state index in [1.807, 2.05) is 6.07 Å². The van der Waals surface area contributed by atoms with Crippen molar-refractivity contribution in [2.45, 2.75) is 19.3 Å². The molecule has 1 atom stereocenters. The maximum Gasteiger partial charge on any atom is 0.139 e. The number of hydrogen-bond donors (Lipinski definition) is 0. The molecule has 2 aliphatic rings. The smallest absolute Gasteiger partial charge is 0.139 e. The SMILES string of the molecule is Clc1ccc(CC2CCCN(c3ncnc4cc(N5CCOCC5)ccc34)C2)s1. The number of morpholine rings is 1. The normalized spacial score (nSPS) is 20.4. The highest BCUT2D eigenvalue weighted by molar-refractivity contribution is 7.16. The summed E-state index contributed by atoms with van der Waals surface area (Å²) in [6.07, 6.45) is 5.26. The number of halogens is 1. The van der Waals surface area contributed by atoms with Gasteiger partial charge in [-0.3, -0.25) is 0 Å². The number of anilines is 2. The first kappa shape index (κ1) is 19.1. The van der Waals surface area contributed by atoms with Gasteiger partial charge in [-0.2, -0.15) is 0 Å². The topological polar surface area (TPSA) is 41.5 Å². The van der Waals surface area contributed by atoms with Crippen LogP contribution in [0.2, 0.25) is 4.34 Å². The molecule has 2 aliphatic heterocycles. The van der Waals surface area contributed by atoms with Gasteiger partial charge in [-0.1, -0.05) is 11.6 Å². The van der Waals surface area contributed by atoms with Gasteiger partial charge >= 0.3 is 0 Å². The largest absolute Gasteiger partial charge is 0.378 e. The number of fused-ring (bicyclic) bond motifs is 1. The molecule has 0 radical (unpaired) electrons. The molecule has 0 N–H and O–H groups in total. The zero-order valence-corrected chi connectivity index (χ0v) is 18.0. The molecule has 0 saturated carbocycles. The van der Waals surface area contributed by atoms with Crippen molar-refractivity contribution in [2.75, 3.05) is 49.2 Å². The Morgan fingerprint density at radius 2 is 1.97 bits per heavy atom. The third-order valence-electron chi connectivity index (χ3n) is 5.91. The predicted octanol–water partition coefficient (Wildman–Crippen LogP) is 4.64. The molecule has 5 nitrogen and oxygen atoms in total. The lowest BCUT2D eigenvalue weighted by Crippen LogP contribution is -2.37. The van der Waals surface area contributed by atoms with Crippen LogP contribution in [0, 0.1) is 5.92 Å². The van der Waals surface area contributed by atoms with Gasteiger partial charge in [0.1, 0.15) is 12.1 Å². The molecule has 1 aromatic carbocycles. The summed E-state index contributed by atoms with van der Waals surface area (Å²) >= 11 is 7.82. The van der Waals surface area contributed by atoms with Gasteiger partial charge in [0.05, 0.1) is 23.1 Å². The Labute approximate surface area is 180 Å².